The lowest BCUT2D eigenvalue weighted by Gasteiger charge is -2.21. The van der Waals surface area contributed by atoms with E-state index in [4.69, 9.17) is 27.7 Å². The molecule has 6 nitrogen and oxygen atoms in total. The lowest BCUT2D eigenvalue weighted by molar-refractivity contribution is 0.0551. The Morgan fingerprint density at radius 3 is 2.60 bits per heavy atom. The smallest absolute Gasteiger partial charge is 0.331 e. The zero-order valence-electron chi connectivity index (χ0n) is 15.4. The topological polar surface area (TPSA) is 77.2 Å². The summed E-state index contributed by atoms with van der Waals surface area (Å²) in [7, 11) is -3.56. The standard InChI is InChI=1S/C18H15Cl2F3N3O3P/c1-2-28-30(27,26-15-6-4-3-5-13(15)19)10-12-8-7-11(9-14(12)21)16-24-17(29-25-16)18(20,22)23/h3-9H,2,10H2,1H3,(H,26,27). The van der Waals surface area contributed by atoms with E-state index in [1.54, 1.807) is 31.2 Å². The number of nitrogens with zero attached hydrogens (tertiary/aromatic N) is 2. The number of rotatable bonds is 8. The first kappa shape index (κ1) is 22.6. The SMILES string of the molecule is CCOP(=O)(Cc1ccc(-c2noc(C(F)(F)Cl)n2)cc1F)Nc1ccccc1Cl. The van der Waals surface area contributed by atoms with E-state index in [0.29, 0.717) is 10.7 Å². The van der Waals surface area contributed by atoms with Gasteiger partial charge in [0.2, 0.25) is 5.82 Å². The van der Waals surface area contributed by atoms with E-state index in [9.17, 15) is 17.7 Å². The quantitative estimate of drug-likeness (QED) is 0.287. The van der Waals surface area contributed by atoms with E-state index < -0.39 is 24.6 Å². The van der Waals surface area contributed by atoms with E-state index in [1.165, 1.54) is 12.1 Å². The Kier molecular flexibility index (Phi) is 6.77. The average molecular weight is 480 g/mol. The maximum atomic E-state index is 14.7. The molecule has 0 aliphatic carbocycles. The fourth-order valence-electron chi connectivity index (χ4n) is 2.56. The fourth-order valence-corrected chi connectivity index (χ4v) is 4.80. The zero-order chi connectivity index (χ0) is 21.9. The Morgan fingerprint density at radius 1 is 1.27 bits per heavy atom. The molecule has 1 N–H and O–H groups in total. The van der Waals surface area contributed by atoms with Gasteiger partial charge in [0.1, 0.15) is 5.82 Å². The number of para-hydroxylation sites is 1. The van der Waals surface area contributed by atoms with Crippen LogP contribution in [0.15, 0.2) is 47.0 Å². The first-order valence-corrected chi connectivity index (χ1v) is 11.1. The van der Waals surface area contributed by atoms with Crippen LogP contribution in [0.4, 0.5) is 18.9 Å². The van der Waals surface area contributed by atoms with Gasteiger partial charge in [0.25, 0.3) is 7.52 Å². The van der Waals surface area contributed by atoms with Gasteiger partial charge in [-0.1, -0.05) is 41.0 Å². The normalized spacial score (nSPS) is 13.8. The van der Waals surface area contributed by atoms with Gasteiger partial charge in [0.05, 0.1) is 23.5 Å². The Hall–Kier alpha value is -2.06. The molecule has 0 fully saturated rings. The molecular weight excluding hydrogens is 465 g/mol. The summed E-state index contributed by atoms with van der Waals surface area (Å²) in [6, 6.07) is 10.4. The van der Waals surface area contributed by atoms with Crippen LogP contribution in [0.3, 0.4) is 0 Å². The van der Waals surface area contributed by atoms with Gasteiger partial charge >= 0.3 is 11.3 Å². The third-order valence-electron chi connectivity index (χ3n) is 3.86. The molecule has 0 amide bonds. The molecule has 160 valence electrons. The van der Waals surface area contributed by atoms with Crippen LogP contribution >= 0.6 is 30.7 Å². The van der Waals surface area contributed by atoms with E-state index in [1.807, 2.05) is 0 Å². The van der Waals surface area contributed by atoms with E-state index in [-0.39, 0.29) is 29.7 Å². The fraction of sp³-hybridized carbons (Fsp3) is 0.222. The summed E-state index contributed by atoms with van der Waals surface area (Å²) < 4.78 is 63.7. The van der Waals surface area contributed by atoms with E-state index in [0.717, 1.165) is 6.07 Å². The number of hydrogen-bond donors (Lipinski definition) is 1. The van der Waals surface area contributed by atoms with Gasteiger partial charge in [-0.05, 0) is 42.3 Å². The first-order valence-electron chi connectivity index (χ1n) is 8.57. The van der Waals surface area contributed by atoms with Gasteiger partial charge in [-0.3, -0.25) is 4.57 Å². The van der Waals surface area contributed by atoms with Crippen LogP contribution in [0.2, 0.25) is 5.02 Å². The summed E-state index contributed by atoms with van der Waals surface area (Å²) in [4.78, 5) is 3.46. The molecule has 0 saturated heterocycles. The minimum Gasteiger partial charge on any atom is -0.331 e. The van der Waals surface area contributed by atoms with Crippen LogP contribution in [0.5, 0.6) is 0 Å². The highest BCUT2D eigenvalue weighted by molar-refractivity contribution is 7.59. The van der Waals surface area contributed by atoms with Crippen molar-refractivity contribution >= 4 is 36.4 Å². The number of alkyl halides is 3. The summed E-state index contributed by atoms with van der Waals surface area (Å²) in [5.74, 6) is -2.12. The Bertz CT molecular complexity index is 1090. The molecule has 1 atom stereocenters. The summed E-state index contributed by atoms with van der Waals surface area (Å²) in [6.45, 7) is 1.77. The van der Waals surface area contributed by atoms with Crippen molar-refractivity contribution in [2.45, 2.75) is 18.5 Å². The summed E-state index contributed by atoms with van der Waals surface area (Å²) in [5, 5.41) is 2.63. The van der Waals surface area contributed by atoms with Gasteiger partial charge < -0.3 is 14.1 Å². The van der Waals surface area contributed by atoms with Crippen molar-refractivity contribution in [3.05, 3.63) is 64.8 Å². The highest BCUT2D eigenvalue weighted by Gasteiger charge is 2.36. The minimum atomic E-state index is -3.84. The molecule has 0 bridgehead atoms. The number of hydrogen-bond acceptors (Lipinski definition) is 5. The second-order valence-electron chi connectivity index (χ2n) is 6.07. The highest BCUT2D eigenvalue weighted by atomic mass is 35.5. The lowest BCUT2D eigenvalue weighted by atomic mass is 10.1. The Morgan fingerprint density at radius 2 is 2.00 bits per heavy atom. The summed E-state index contributed by atoms with van der Waals surface area (Å²) in [6.07, 6.45) is -0.282. The number of anilines is 1. The Balaban J connectivity index is 1.85. The minimum absolute atomic E-state index is 0.0708. The molecule has 3 aromatic rings. The molecule has 2 aromatic carbocycles. The molecule has 0 radical (unpaired) electrons. The largest absolute Gasteiger partial charge is 0.400 e. The number of nitrogens with one attached hydrogen (secondary N) is 1. The molecule has 3 rings (SSSR count). The van der Waals surface area contributed by atoms with Gasteiger partial charge in [-0.25, -0.2) is 4.39 Å². The second kappa shape index (κ2) is 8.98. The lowest BCUT2D eigenvalue weighted by Crippen LogP contribution is -2.06. The average Bonchev–Trinajstić information content (AvgIpc) is 3.16. The van der Waals surface area contributed by atoms with Crippen molar-refractivity contribution in [3.8, 4) is 11.4 Å². The first-order chi connectivity index (χ1) is 14.1. The molecule has 0 aliphatic rings. The van der Waals surface area contributed by atoms with Crippen molar-refractivity contribution in [1.82, 2.24) is 10.1 Å². The third kappa shape index (κ3) is 5.35. The van der Waals surface area contributed by atoms with Crippen LogP contribution < -0.4 is 5.09 Å². The van der Waals surface area contributed by atoms with Crippen LogP contribution in [-0.4, -0.2) is 16.7 Å². The number of halogens is 5. The van der Waals surface area contributed by atoms with Gasteiger partial charge in [0.15, 0.2) is 0 Å². The highest BCUT2D eigenvalue weighted by Crippen LogP contribution is 2.51. The predicted octanol–water partition coefficient (Wildman–Crippen LogP) is 6.66. The Labute approximate surface area is 179 Å². The zero-order valence-corrected chi connectivity index (χ0v) is 17.8. The molecule has 1 aromatic heterocycles. The molecule has 0 aliphatic heterocycles. The van der Waals surface area contributed by atoms with Gasteiger partial charge in [-0.15, -0.1) is 0 Å². The van der Waals surface area contributed by atoms with Crippen LogP contribution in [0.25, 0.3) is 11.4 Å². The van der Waals surface area contributed by atoms with Crippen LogP contribution in [-0.2, 0) is 20.6 Å². The third-order valence-corrected chi connectivity index (χ3v) is 6.37. The van der Waals surface area contributed by atoms with Crippen molar-refractivity contribution in [3.63, 3.8) is 0 Å². The maximum absolute atomic E-state index is 14.7. The molecule has 0 spiro atoms. The predicted molar refractivity (Wildman–Crippen MR) is 107 cm³/mol. The monoisotopic (exact) mass is 479 g/mol. The van der Waals surface area contributed by atoms with E-state index >= 15 is 0 Å². The molecule has 12 heteroatoms. The molecule has 30 heavy (non-hydrogen) atoms. The summed E-state index contributed by atoms with van der Waals surface area (Å²) in [5.41, 5.74) is 0.535. The molecule has 0 saturated carbocycles. The van der Waals surface area contributed by atoms with Crippen molar-refractivity contribution in [1.29, 1.82) is 0 Å². The van der Waals surface area contributed by atoms with Crippen molar-refractivity contribution < 1.29 is 26.8 Å². The number of benzene rings is 2. The maximum Gasteiger partial charge on any atom is 0.400 e. The van der Waals surface area contributed by atoms with E-state index in [2.05, 4.69) is 19.8 Å². The van der Waals surface area contributed by atoms with Gasteiger partial charge in [-0.2, -0.15) is 13.8 Å². The second-order valence-corrected chi connectivity index (χ2v) is 9.09. The molecule has 1 heterocycles. The van der Waals surface area contributed by atoms with Gasteiger partial charge in [0, 0.05) is 5.56 Å². The van der Waals surface area contributed by atoms with Crippen LogP contribution in [0, 0.1) is 5.82 Å². The van der Waals surface area contributed by atoms with Crippen molar-refractivity contribution in [2.75, 3.05) is 11.7 Å². The molecule has 1 unspecified atom stereocenters. The summed E-state index contributed by atoms with van der Waals surface area (Å²) >= 11 is 10.9. The van der Waals surface area contributed by atoms with Crippen molar-refractivity contribution in [2.24, 2.45) is 0 Å². The van der Waals surface area contributed by atoms with Crippen LogP contribution in [0.1, 0.15) is 18.4 Å². The number of aromatic nitrogens is 2. The molecular formula is C18H15Cl2F3N3O3P.